The van der Waals surface area contributed by atoms with Crippen LogP contribution in [0.4, 0.5) is 0 Å². The van der Waals surface area contributed by atoms with Gasteiger partial charge in [0.15, 0.2) is 4.47 Å². The molecule has 0 saturated carbocycles. The molecule has 0 saturated heterocycles. The Kier molecular flexibility index (Phi) is 4.28. The van der Waals surface area contributed by atoms with Gasteiger partial charge in [-0.25, -0.2) is 4.98 Å². The van der Waals surface area contributed by atoms with Crippen molar-refractivity contribution in [3.8, 4) is 17.2 Å². The minimum Gasteiger partial charge on any atom is -0.496 e. The van der Waals surface area contributed by atoms with E-state index in [4.69, 9.17) is 25.8 Å². The number of ether oxygens (including phenoxy) is 3. The summed E-state index contributed by atoms with van der Waals surface area (Å²) in [6, 6.07) is 5.38. The molecule has 0 fully saturated rings. The number of benzene rings is 1. The lowest BCUT2D eigenvalue weighted by Crippen LogP contribution is -1.95. The van der Waals surface area contributed by atoms with Crippen molar-refractivity contribution in [2.24, 2.45) is 0 Å². The second-order valence-electron chi connectivity index (χ2n) is 3.42. The molecule has 0 aliphatic rings. The van der Waals surface area contributed by atoms with Crippen molar-refractivity contribution in [1.82, 2.24) is 4.98 Å². The van der Waals surface area contributed by atoms with E-state index < -0.39 is 0 Å². The minimum absolute atomic E-state index is 0.417. The van der Waals surface area contributed by atoms with E-state index >= 15 is 0 Å². The predicted molar refractivity (Wildman–Crippen MR) is 71.0 cm³/mol. The third kappa shape index (κ3) is 3.27. The Labute approximate surface area is 114 Å². The standard InChI is InChI=1S/C12H12ClNO3S/c1-15-8-3-9(16-2)5-10(4-8)17-7-11-6-14-12(13)18-11/h3-6H,7H2,1-2H3. The van der Waals surface area contributed by atoms with Gasteiger partial charge < -0.3 is 14.2 Å². The van der Waals surface area contributed by atoms with Gasteiger partial charge in [-0.15, -0.1) is 11.3 Å². The first-order valence-corrected chi connectivity index (χ1v) is 6.37. The zero-order valence-electron chi connectivity index (χ0n) is 9.97. The molecule has 1 aromatic heterocycles. The Morgan fingerprint density at radius 2 is 1.72 bits per heavy atom. The Hall–Kier alpha value is -1.46. The quantitative estimate of drug-likeness (QED) is 0.844. The van der Waals surface area contributed by atoms with Gasteiger partial charge in [0.1, 0.15) is 23.9 Å². The zero-order chi connectivity index (χ0) is 13.0. The van der Waals surface area contributed by atoms with E-state index in [-0.39, 0.29) is 0 Å². The topological polar surface area (TPSA) is 40.6 Å². The number of halogens is 1. The Morgan fingerprint density at radius 1 is 1.11 bits per heavy atom. The highest BCUT2D eigenvalue weighted by atomic mass is 35.5. The molecule has 2 aromatic rings. The second-order valence-corrected chi connectivity index (χ2v) is 5.11. The average molecular weight is 286 g/mol. The van der Waals surface area contributed by atoms with Crippen molar-refractivity contribution in [2.75, 3.05) is 14.2 Å². The highest BCUT2D eigenvalue weighted by molar-refractivity contribution is 7.15. The molecule has 18 heavy (non-hydrogen) atoms. The van der Waals surface area contributed by atoms with Crippen molar-refractivity contribution >= 4 is 22.9 Å². The molecule has 0 radical (unpaired) electrons. The first kappa shape index (κ1) is 13.0. The lowest BCUT2D eigenvalue weighted by atomic mass is 10.3. The van der Waals surface area contributed by atoms with Gasteiger partial charge in [0.2, 0.25) is 0 Å². The van der Waals surface area contributed by atoms with Crippen LogP contribution in [0.1, 0.15) is 4.88 Å². The maximum absolute atomic E-state index is 5.75. The molecular formula is C12H12ClNO3S. The van der Waals surface area contributed by atoms with Gasteiger partial charge in [-0.3, -0.25) is 0 Å². The molecule has 0 spiro atoms. The number of rotatable bonds is 5. The summed E-state index contributed by atoms with van der Waals surface area (Å²) in [5.41, 5.74) is 0. The summed E-state index contributed by atoms with van der Waals surface area (Å²) in [5.74, 6) is 2.05. The molecule has 4 nitrogen and oxygen atoms in total. The van der Waals surface area contributed by atoms with Crippen LogP contribution in [-0.2, 0) is 6.61 Å². The van der Waals surface area contributed by atoms with Crippen LogP contribution < -0.4 is 14.2 Å². The van der Waals surface area contributed by atoms with Crippen molar-refractivity contribution in [3.63, 3.8) is 0 Å². The molecule has 0 amide bonds. The number of aromatic nitrogens is 1. The van der Waals surface area contributed by atoms with Crippen LogP contribution in [0, 0.1) is 0 Å². The van der Waals surface area contributed by atoms with Gasteiger partial charge in [0.05, 0.1) is 19.1 Å². The van der Waals surface area contributed by atoms with E-state index in [9.17, 15) is 0 Å². The lowest BCUT2D eigenvalue weighted by Gasteiger charge is -2.09. The molecule has 0 N–H and O–H groups in total. The summed E-state index contributed by atoms with van der Waals surface area (Å²) >= 11 is 7.14. The minimum atomic E-state index is 0.417. The van der Waals surface area contributed by atoms with Crippen LogP contribution in [0.25, 0.3) is 0 Å². The Morgan fingerprint density at radius 3 is 2.22 bits per heavy atom. The van der Waals surface area contributed by atoms with Crippen LogP contribution >= 0.6 is 22.9 Å². The molecule has 0 aliphatic heterocycles. The Bertz CT molecular complexity index is 508. The number of methoxy groups -OCH3 is 2. The summed E-state index contributed by atoms with van der Waals surface area (Å²) in [5, 5.41) is 0. The van der Waals surface area contributed by atoms with Crippen molar-refractivity contribution in [3.05, 3.63) is 33.7 Å². The first-order valence-electron chi connectivity index (χ1n) is 5.17. The number of nitrogens with zero attached hydrogens (tertiary/aromatic N) is 1. The number of hydrogen-bond donors (Lipinski definition) is 0. The first-order chi connectivity index (χ1) is 8.71. The van der Waals surface area contributed by atoms with E-state index in [1.54, 1.807) is 38.6 Å². The fraction of sp³-hybridized carbons (Fsp3) is 0.250. The van der Waals surface area contributed by atoms with Crippen LogP contribution in [0.5, 0.6) is 17.2 Å². The molecule has 0 aliphatic carbocycles. The molecule has 0 atom stereocenters. The van der Waals surface area contributed by atoms with Crippen molar-refractivity contribution < 1.29 is 14.2 Å². The van der Waals surface area contributed by atoms with E-state index in [2.05, 4.69) is 4.98 Å². The SMILES string of the molecule is COc1cc(OC)cc(OCc2cnc(Cl)s2)c1. The predicted octanol–water partition coefficient (Wildman–Crippen LogP) is 3.39. The van der Waals surface area contributed by atoms with Gasteiger partial charge in [0.25, 0.3) is 0 Å². The second kappa shape index (κ2) is 5.93. The third-order valence-corrected chi connectivity index (χ3v) is 3.32. The monoisotopic (exact) mass is 285 g/mol. The maximum Gasteiger partial charge on any atom is 0.183 e. The number of thiazole rings is 1. The van der Waals surface area contributed by atoms with Gasteiger partial charge >= 0.3 is 0 Å². The van der Waals surface area contributed by atoms with E-state index in [0.29, 0.717) is 28.3 Å². The smallest absolute Gasteiger partial charge is 0.183 e. The van der Waals surface area contributed by atoms with Gasteiger partial charge in [0, 0.05) is 24.4 Å². The molecule has 96 valence electrons. The summed E-state index contributed by atoms with van der Waals surface area (Å²) in [7, 11) is 3.20. The Balaban J connectivity index is 2.08. The maximum atomic E-state index is 5.75. The van der Waals surface area contributed by atoms with Crippen molar-refractivity contribution in [2.45, 2.75) is 6.61 Å². The van der Waals surface area contributed by atoms with E-state index in [1.807, 2.05) is 0 Å². The van der Waals surface area contributed by atoms with Crippen LogP contribution in [-0.4, -0.2) is 19.2 Å². The zero-order valence-corrected chi connectivity index (χ0v) is 11.5. The van der Waals surface area contributed by atoms with E-state index in [1.165, 1.54) is 11.3 Å². The summed E-state index contributed by atoms with van der Waals surface area (Å²) in [4.78, 5) is 4.91. The van der Waals surface area contributed by atoms with Gasteiger partial charge in [-0.05, 0) is 0 Å². The molecule has 1 heterocycles. The van der Waals surface area contributed by atoms with Gasteiger partial charge in [-0.2, -0.15) is 0 Å². The normalized spacial score (nSPS) is 10.2. The molecule has 2 rings (SSSR count). The molecular weight excluding hydrogens is 274 g/mol. The highest BCUT2D eigenvalue weighted by Crippen LogP contribution is 2.28. The highest BCUT2D eigenvalue weighted by Gasteiger charge is 2.05. The fourth-order valence-corrected chi connectivity index (χ4v) is 2.26. The number of hydrogen-bond acceptors (Lipinski definition) is 5. The van der Waals surface area contributed by atoms with Crippen LogP contribution in [0.2, 0.25) is 4.47 Å². The van der Waals surface area contributed by atoms with Crippen LogP contribution in [0.3, 0.4) is 0 Å². The lowest BCUT2D eigenvalue weighted by molar-refractivity contribution is 0.303. The summed E-state index contributed by atoms with van der Waals surface area (Å²) in [6.07, 6.45) is 1.70. The third-order valence-electron chi connectivity index (χ3n) is 2.23. The molecule has 0 bridgehead atoms. The van der Waals surface area contributed by atoms with E-state index in [0.717, 1.165) is 4.88 Å². The summed E-state index contributed by atoms with van der Waals surface area (Å²) < 4.78 is 16.5. The largest absolute Gasteiger partial charge is 0.496 e. The molecule has 6 heteroatoms. The average Bonchev–Trinajstić information content (AvgIpc) is 2.81. The fourth-order valence-electron chi connectivity index (χ4n) is 1.37. The van der Waals surface area contributed by atoms with Crippen molar-refractivity contribution in [1.29, 1.82) is 0 Å². The summed E-state index contributed by atoms with van der Waals surface area (Å²) in [6.45, 7) is 0.417. The molecule has 0 unspecified atom stereocenters. The molecule has 1 aromatic carbocycles. The van der Waals surface area contributed by atoms with Crippen LogP contribution in [0.15, 0.2) is 24.4 Å². The van der Waals surface area contributed by atoms with Gasteiger partial charge in [-0.1, -0.05) is 11.6 Å².